The molecular formula is C36H34F7N5O4. The lowest BCUT2D eigenvalue weighted by molar-refractivity contribution is -0.153. The minimum Gasteiger partial charge on any atom is -0.455 e. The molecule has 1 spiro atoms. The van der Waals surface area contributed by atoms with E-state index in [9.17, 15) is 35.9 Å². The average Bonchev–Trinajstić information content (AvgIpc) is 3.73. The molecule has 6 rings (SSSR count). The highest BCUT2D eigenvalue weighted by Crippen LogP contribution is 2.43. The summed E-state index contributed by atoms with van der Waals surface area (Å²) >= 11 is 0. The maximum atomic E-state index is 15.2. The number of hydrogen-bond acceptors (Lipinski definition) is 7. The molecule has 1 N–H and O–H groups in total. The van der Waals surface area contributed by atoms with Gasteiger partial charge in [0.15, 0.2) is 0 Å². The van der Waals surface area contributed by atoms with E-state index in [-0.39, 0.29) is 69.1 Å². The first-order valence-electron chi connectivity index (χ1n) is 16.6. The number of ether oxygens (including phenoxy) is 1. The molecule has 1 atom stereocenters. The van der Waals surface area contributed by atoms with Gasteiger partial charge in [0.2, 0.25) is 5.76 Å². The molecule has 0 bridgehead atoms. The zero-order valence-corrected chi connectivity index (χ0v) is 27.7. The Morgan fingerprint density at radius 3 is 2.29 bits per heavy atom. The van der Waals surface area contributed by atoms with Crippen molar-refractivity contribution in [3.05, 3.63) is 127 Å². The third-order valence-corrected chi connectivity index (χ3v) is 9.62. The van der Waals surface area contributed by atoms with Crippen molar-refractivity contribution in [2.75, 3.05) is 19.6 Å². The standard InChI is InChI=1S/C36H34F7N5O4/c37-27-10-6-9-26(35(38,39)40)25(27)20-47-29-22-51-34(13-17-46(18-14-34)19-24-11-12-30(52-24)36(41,42)43)31(29)32(49)48(33(47)50)21-28(45-16-5-4-15-44)23-7-2-1-3-8-23/h1-3,6-12,28,45H,4-5,13-14,16-22H2. The van der Waals surface area contributed by atoms with Crippen LogP contribution >= 0.6 is 0 Å². The normalized spacial score (nSPS) is 16.6. The van der Waals surface area contributed by atoms with Crippen LogP contribution in [0.25, 0.3) is 0 Å². The number of rotatable bonds is 11. The van der Waals surface area contributed by atoms with Crippen molar-refractivity contribution >= 4 is 0 Å². The number of likely N-dealkylation sites (tertiary alicyclic amines) is 1. The van der Waals surface area contributed by atoms with Crippen molar-refractivity contribution in [3.63, 3.8) is 0 Å². The number of nitriles is 1. The highest BCUT2D eigenvalue weighted by atomic mass is 19.4. The van der Waals surface area contributed by atoms with Crippen LogP contribution in [0.3, 0.4) is 0 Å². The van der Waals surface area contributed by atoms with E-state index >= 15 is 4.39 Å². The molecule has 0 saturated carbocycles. The Morgan fingerprint density at radius 1 is 0.904 bits per heavy atom. The third kappa shape index (κ3) is 7.57. The summed E-state index contributed by atoms with van der Waals surface area (Å²) in [6.07, 6.45) is -8.52. The molecule has 2 aromatic carbocycles. The van der Waals surface area contributed by atoms with E-state index < -0.39 is 64.5 Å². The Labute approximate surface area is 292 Å². The first-order chi connectivity index (χ1) is 24.7. The Balaban J connectivity index is 1.40. The Bertz CT molecular complexity index is 2060. The van der Waals surface area contributed by atoms with E-state index in [1.54, 1.807) is 30.3 Å². The number of aromatic nitrogens is 2. The molecule has 1 fully saturated rings. The molecule has 0 radical (unpaired) electrons. The molecule has 4 aromatic rings. The SMILES string of the molecule is N#CCCCNC(Cn1c(=O)c2c(n(Cc3c(F)cccc3C(F)(F)F)c1=O)COC21CCN(Cc2ccc(C(F)(F)F)o2)CC1)c1ccccc1. The fraction of sp³-hybridized carbons (Fsp3) is 0.417. The minimum absolute atomic E-state index is 0.0372. The average molecular weight is 734 g/mol. The highest BCUT2D eigenvalue weighted by molar-refractivity contribution is 5.35. The summed E-state index contributed by atoms with van der Waals surface area (Å²) in [5, 5.41) is 12.3. The van der Waals surface area contributed by atoms with E-state index in [2.05, 4.69) is 11.4 Å². The van der Waals surface area contributed by atoms with E-state index in [4.69, 9.17) is 14.4 Å². The van der Waals surface area contributed by atoms with Gasteiger partial charge in [-0.2, -0.15) is 31.6 Å². The van der Waals surface area contributed by atoms with E-state index in [0.29, 0.717) is 18.5 Å². The summed E-state index contributed by atoms with van der Waals surface area (Å²) < 4.78 is 110. The second-order valence-corrected chi connectivity index (χ2v) is 12.9. The van der Waals surface area contributed by atoms with Crippen LogP contribution < -0.4 is 16.6 Å². The number of piperidine rings is 1. The number of hydrogen-bond donors (Lipinski definition) is 1. The monoisotopic (exact) mass is 733 g/mol. The first kappa shape index (κ1) is 37.1. The van der Waals surface area contributed by atoms with Crippen LogP contribution in [-0.4, -0.2) is 33.7 Å². The van der Waals surface area contributed by atoms with Crippen molar-refractivity contribution in [2.24, 2.45) is 0 Å². The van der Waals surface area contributed by atoms with Crippen molar-refractivity contribution in [2.45, 2.75) is 75.9 Å². The van der Waals surface area contributed by atoms with Gasteiger partial charge in [0.1, 0.15) is 17.2 Å². The van der Waals surface area contributed by atoms with Gasteiger partial charge in [-0.3, -0.25) is 18.8 Å². The van der Waals surface area contributed by atoms with Gasteiger partial charge >= 0.3 is 18.0 Å². The molecule has 9 nitrogen and oxygen atoms in total. The Hall–Kier alpha value is -4.72. The van der Waals surface area contributed by atoms with Crippen LogP contribution in [0.2, 0.25) is 0 Å². The van der Waals surface area contributed by atoms with Gasteiger partial charge in [0, 0.05) is 25.1 Å². The number of alkyl halides is 6. The number of furan rings is 1. The number of halogens is 7. The number of fused-ring (bicyclic) bond motifs is 2. The lowest BCUT2D eigenvalue weighted by atomic mass is 9.85. The van der Waals surface area contributed by atoms with Gasteiger partial charge < -0.3 is 14.5 Å². The molecule has 52 heavy (non-hydrogen) atoms. The molecule has 2 aliphatic rings. The van der Waals surface area contributed by atoms with Crippen LogP contribution in [0.5, 0.6) is 0 Å². The van der Waals surface area contributed by atoms with Gasteiger partial charge in [-0.25, -0.2) is 9.18 Å². The lowest BCUT2D eigenvalue weighted by Gasteiger charge is -2.38. The van der Waals surface area contributed by atoms with Gasteiger partial charge in [0.25, 0.3) is 5.56 Å². The second-order valence-electron chi connectivity index (χ2n) is 12.9. The number of nitrogens with one attached hydrogen (secondary N) is 1. The van der Waals surface area contributed by atoms with Crippen LogP contribution in [0.15, 0.2) is 74.7 Å². The first-order valence-corrected chi connectivity index (χ1v) is 16.6. The van der Waals surface area contributed by atoms with E-state index in [1.807, 2.05) is 4.90 Å². The molecule has 4 heterocycles. The van der Waals surface area contributed by atoms with Gasteiger partial charge in [0.05, 0.1) is 55.2 Å². The number of unbranched alkanes of at least 4 members (excludes halogenated alkanes) is 1. The van der Waals surface area contributed by atoms with E-state index in [0.717, 1.165) is 33.4 Å². The maximum Gasteiger partial charge on any atom is 0.449 e. The fourth-order valence-corrected chi connectivity index (χ4v) is 7.00. The quantitative estimate of drug-likeness (QED) is 0.139. The molecule has 1 unspecified atom stereocenters. The third-order valence-electron chi connectivity index (χ3n) is 9.62. The van der Waals surface area contributed by atoms with Crippen LogP contribution in [0, 0.1) is 17.1 Å². The molecule has 16 heteroatoms. The summed E-state index contributed by atoms with van der Waals surface area (Å²) in [6.45, 7) is -0.483. The molecule has 0 amide bonds. The van der Waals surface area contributed by atoms with Crippen LogP contribution in [0.4, 0.5) is 30.7 Å². The maximum absolute atomic E-state index is 15.2. The minimum atomic E-state index is -4.94. The topological polar surface area (TPSA) is 105 Å². The smallest absolute Gasteiger partial charge is 0.449 e. The van der Waals surface area contributed by atoms with Gasteiger partial charge in [-0.15, -0.1) is 0 Å². The fourth-order valence-electron chi connectivity index (χ4n) is 7.00. The largest absolute Gasteiger partial charge is 0.455 e. The van der Waals surface area contributed by atoms with Crippen molar-refractivity contribution in [1.82, 2.24) is 19.4 Å². The molecule has 2 aliphatic heterocycles. The van der Waals surface area contributed by atoms with Gasteiger partial charge in [-0.1, -0.05) is 36.4 Å². The highest BCUT2D eigenvalue weighted by Gasteiger charge is 2.47. The zero-order chi connectivity index (χ0) is 37.3. The molecule has 276 valence electrons. The molecule has 1 saturated heterocycles. The zero-order valence-electron chi connectivity index (χ0n) is 27.7. The summed E-state index contributed by atoms with van der Waals surface area (Å²) in [4.78, 5) is 30.6. The van der Waals surface area contributed by atoms with Gasteiger partial charge in [-0.05, 0) is 55.6 Å². The second kappa shape index (κ2) is 14.7. The number of nitrogens with zero attached hydrogens (tertiary/aromatic N) is 4. The van der Waals surface area contributed by atoms with Crippen LogP contribution in [-0.2, 0) is 48.9 Å². The number of benzene rings is 2. The predicted octanol–water partition coefficient (Wildman–Crippen LogP) is 6.48. The summed E-state index contributed by atoms with van der Waals surface area (Å²) in [7, 11) is 0. The van der Waals surface area contributed by atoms with E-state index in [1.165, 1.54) is 6.07 Å². The summed E-state index contributed by atoms with van der Waals surface area (Å²) in [6, 6.07) is 14.9. The van der Waals surface area contributed by atoms with Crippen LogP contribution in [0.1, 0.15) is 71.2 Å². The molecule has 2 aromatic heterocycles. The van der Waals surface area contributed by atoms with Crippen molar-refractivity contribution < 1.29 is 39.9 Å². The van der Waals surface area contributed by atoms with Crippen molar-refractivity contribution in [1.29, 1.82) is 5.26 Å². The Morgan fingerprint density at radius 2 is 1.63 bits per heavy atom. The summed E-state index contributed by atoms with van der Waals surface area (Å²) in [5.74, 6) is -2.21. The van der Waals surface area contributed by atoms with Crippen molar-refractivity contribution in [3.8, 4) is 6.07 Å². The lowest BCUT2D eigenvalue weighted by Crippen LogP contribution is -2.50. The Kier molecular flexibility index (Phi) is 10.5. The molecule has 0 aliphatic carbocycles. The summed E-state index contributed by atoms with van der Waals surface area (Å²) in [5.41, 5.74) is -4.14. The predicted molar refractivity (Wildman–Crippen MR) is 172 cm³/mol. The molecular weight excluding hydrogens is 699 g/mol.